The topological polar surface area (TPSA) is 21.3 Å². The first-order valence-corrected chi connectivity index (χ1v) is 6.71. The molecule has 1 aliphatic rings. The minimum Gasteiger partial charge on any atom is -0.385 e. The molecule has 1 N–H and O–H groups in total. The van der Waals surface area contributed by atoms with Crippen LogP contribution < -0.4 is 5.32 Å². The van der Waals surface area contributed by atoms with E-state index < -0.39 is 0 Å². The molecule has 1 fully saturated rings. The molecule has 0 aliphatic carbocycles. The van der Waals surface area contributed by atoms with Crippen LogP contribution in [0, 0.1) is 0 Å². The van der Waals surface area contributed by atoms with Gasteiger partial charge < -0.3 is 10.1 Å². The van der Waals surface area contributed by atoms with Gasteiger partial charge in [-0.15, -0.1) is 0 Å². The summed E-state index contributed by atoms with van der Waals surface area (Å²) < 4.78 is 5.60. The molecule has 2 heteroatoms. The van der Waals surface area contributed by atoms with Gasteiger partial charge >= 0.3 is 0 Å². The Labute approximate surface area is 104 Å². The largest absolute Gasteiger partial charge is 0.385 e. The van der Waals surface area contributed by atoms with Gasteiger partial charge in [0.15, 0.2) is 0 Å². The van der Waals surface area contributed by atoms with Crippen molar-refractivity contribution in [2.75, 3.05) is 18.5 Å². The summed E-state index contributed by atoms with van der Waals surface area (Å²) in [5, 5.41) is 3.46. The lowest BCUT2D eigenvalue weighted by molar-refractivity contribution is 0.107. The second-order valence-corrected chi connectivity index (χ2v) is 5.13. The zero-order valence-electron chi connectivity index (χ0n) is 10.9. The predicted octanol–water partition coefficient (Wildman–Crippen LogP) is 3.79. The van der Waals surface area contributed by atoms with Gasteiger partial charge in [-0.25, -0.2) is 0 Å². The van der Waals surface area contributed by atoms with Crippen molar-refractivity contribution in [2.45, 2.75) is 45.1 Å². The number of nitrogens with one attached hydrogen (secondary N) is 1. The van der Waals surface area contributed by atoms with Gasteiger partial charge in [0.1, 0.15) is 0 Å². The molecule has 0 amide bonds. The summed E-state index contributed by atoms with van der Waals surface area (Å²) in [6.07, 6.45) is 4.06. The Bertz CT molecular complexity index is 325. The van der Waals surface area contributed by atoms with Crippen molar-refractivity contribution in [3.8, 4) is 0 Å². The lowest BCUT2D eigenvalue weighted by Gasteiger charge is -2.12. The van der Waals surface area contributed by atoms with Crippen LogP contribution in [0.3, 0.4) is 0 Å². The van der Waals surface area contributed by atoms with Crippen molar-refractivity contribution in [3.63, 3.8) is 0 Å². The number of rotatable bonds is 5. The van der Waals surface area contributed by atoms with Crippen LogP contribution in [-0.2, 0) is 4.74 Å². The standard InChI is InChI=1S/C15H23NO/c1-12(2)13-5-7-14(8-6-13)16-10-9-15-4-3-11-17-15/h5-8,12,15-16H,3-4,9-11H2,1-2H3. The molecular formula is C15H23NO. The Morgan fingerprint density at radius 1 is 1.29 bits per heavy atom. The van der Waals surface area contributed by atoms with E-state index in [2.05, 4.69) is 43.4 Å². The Kier molecular flexibility index (Phi) is 4.43. The van der Waals surface area contributed by atoms with E-state index in [1.54, 1.807) is 0 Å². The highest BCUT2D eigenvalue weighted by Gasteiger charge is 2.14. The van der Waals surface area contributed by atoms with E-state index in [-0.39, 0.29) is 0 Å². The molecule has 1 atom stereocenters. The van der Waals surface area contributed by atoms with Crippen molar-refractivity contribution < 1.29 is 4.74 Å². The summed E-state index contributed by atoms with van der Waals surface area (Å²) >= 11 is 0. The zero-order chi connectivity index (χ0) is 12.1. The molecule has 1 unspecified atom stereocenters. The van der Waals surface area contributed by atoms with E-state index in [1.165, 1.54) is 24.1 Å². The summed E-state index contributed by atoms with van der Waals surface area (Å²) in [6, 6.07) is 8.76. The molecule has 1 aliphatic heterocycles. The molecule has 0 spiro atoms. The normalized spacial score (nSPS) is 19.8. The number of ether oxygens (including phenoxy) is 1. The Morgan fingerprint density at radius 2 is 2.06 bits per heavy atom. The lowest BCUT2D eigenvalue weighted by Crippen LogP contribution is -2.12. The summed E-state index contributed by atoms with van der Waals surface area (Å²) in [6.45, 7) is 6.40. The lowest BCUT2D eigenvalue weighted by atomic mass is 10.0. The Hall–Kier alpha value is -1.02. The quantitative estimate of drug-likeness (QED) is 0.835. The van der Waals surface area contributed by atoms with Crippen molar-refractivity contribution in [2.24, 2.45) is 0 Å². The molecule has 1 aromatic rings. The van der Waals surface area contributed by atoms with Gasteiger partial charge in [-0.05, 0) is 42.9 Å². The predicted molar refractivity (Wildman–Crippen MR) is 72.6 cm³/mol. The highest BCUT2D eigenvalue weighted by atomic mass is 16.5. The van der Waals surface area contributed by atoms with E-state index in [4.69, 9.17) is 4.74 Å². The van der Waals surface area contributed by atoms with Crippen LogP contribution in [-0.4, -0.2) is 19.3 Å². The van der Waals surface area contributed by atoms with E-state index >= 15 is 0 Å². The van der Waals surface area contributed by atoms with Gasteiger partial charge in [0.05, 0.1) is 6.10 Å². The summed E-state index contributed by atoms with van der Waals surface area (Å²) in [4.78, 5) is 0. The van der Waals surface area contributed by atoms with Crippen LogP contribution in [0.2, 0.25) is 0 Å². The molecule has 0 bridgehead atoms. The van der Waals surface area contributed by atoms with Gasteiger partial charge in [-0.2, -0.15) is 0 Å². The number of hydrogen-bond acceptors (Lipinski definition) is 2. The third kappa shape index (κ3) is 3.74. The molecule has 0 radical (unpaired) electrons. The maximum absolute atomic E-state index is 5.60. The Balaban J connectivity index is 1.74. The summed E-state index contributed by atoms with van der Waals surface area (Å²) in [7, 11) is 0. The second kappa shape index (κ2) is 6.06. The van der Waals surface area contributed by atoms with Gasteiger partial charge in [-0.3, -0.25) is 0 Å². The molecule has 94 valence electrons. The number of hydrogen-bond donors (Lipinski definition) is 1. The van der Waals surface area contributed by atoms with Crippen LogP contribution in [0.15, 0.2) is 24.3 Å². The van der Waals surface area contributed by atoms with Gasteiger partial charge in [0.25, 0.3) is 0 Å². The maximum Gasteiger partial charge on any atom is 0.0592 e. The van der Waals surface area contributed by atoms with Crippen molar-refractivity contribution in [3.05, 3.63) is 29.8 Å². The van der Waals surface area contributed by atoms with Crippen LogP contribution >= 0.6 is 0 Å². The molecule has 2 rings (SSSR count). The SMILES string of the molecule is CC(C)c1ccc(NCCC2CCCO2)cc1. The molecule has 1 heterocycles. The highest BCUT2D eigenvalue weighted by molar-refractivity contribution is 5.45. The third-order valence-electron chi connectivity index (χ3n) is 3.40. The molecule has 1 aromatic carbocycles. The zero-order valence-corrected chi connectivity index (χ0v) is 10.9. The first-order valence-electron chi connectivity index (χ1n) is 6.71. The second-order valence-electron chi connectivity index (χ2n) is 5.13. The van der Waals surface area contributed by atoms with E-state index in [0.717, 1.165) is 19.6 Å². The van der Waals surface area contributed by atoms with Crippen molar-refractivity contribution in [1.82, 2.24) is 0 Å². The highest BCUT2D eigenvalue weighted by Crippen LogP contribution is 2.18. The van der Waals surface area contributed by atoms with Crippen molar-refractivity contribution in [1.29, 1.82) is 0 Å². The molecule has 0 saturated carbocycles. The van der Waals surface area contributed by atoms with E-state index in [1.807, 2.05) is 0 Å². The minimum absolute atomic E-state index is 0.484. The third-order valence-corrected chi connectivity index (χ3v) is 3.40. The Morgan fingerprint density at radius 3 is 2.65 bits per heavy atom. The summed E-state index contributed by atoms with van der Waals surface area (Å²) in [5.74, 6) is 0.607. The number of benzene rings is 1. The van der Waals surface area contributed by atoms with Gasteiger partial charge in [0.2, 0.25) is 0 Å². The van der Waals surface area contributed by atoms with Gasteiger partial charge in [0, 0.05) is 18.8 Å². The minimum atomic E-state index is 0.484. The molecule has 0 aromatic heterocycles. The number of anilines is 1. The van der Waals surface area contributed by atoms with Crippen LogP contribution in [0.4, 0.5) is 5.69 Å². The molecule has 17 heavy (non-hydrogen) atoms. The van der Waals surface area contributed by atoms with Crippen LogP contribution in [0.5, 0.6) is 0 Å². The molecule has 1 saturated heterocycles. The van der Waals surface area contributed by atoms with E-state index in [9.17, 15) is 0 Å². The van der Waals surface area contributed by atoms with Crippen LogP contribution in [0.25, 0.3) is 0 Å². The molecule has 2 nitrogen and oxygen atoms in total. The fraction of sp³-hybridized carbons (Fsp3) is 0.600. The summed E-state index contributed by atoms with van der Waals surface area (Å²) in [5.41, 5.74) is 2.61. The first-order chi connectivity index (χ1) is 8.25. The maximum atomic E-state index is 5.60. The fourth-order valence-corrected chi connectivity index (χ4v) is 2.24. The first kappa shape index (κ1) is 12.4. The van der Waals surface area contributed by atoms with Crippen molar-refractivity contribution >= 4 is 5.69 Å². The molecular weight excluding hydrogens is 210 g/mol. The average molecular weight is 233 g/mol. The average Bonchev–Trinajstić information content (AvgIpc) is 2.83. The smallest absolute Gasteiger partial charge is 0.0592 e. The fourth-order valence-electron chi connectivity index (χ4n) is 2.24. The van der Waals surface area contributed by atoms with Gasteiger partial charge in [-0.1, -0.05) is 26.0 Å². The monoisotopic (exact) mass is 233 g/mol. The van der Waals surface area contributed by atoms with E-state index in [0.29, 0.717) is 12.0 Å². The van der Waals surface area contributed by atoms with Crippen LogP contribution in [0.1, 0.15) is 44.6 Å².